The fourth-order valence-electron chi connectivity index (χ4n) is 2.55. The minimum atomic E-state index is -0.583. The van der Waals surface area contributed by atoms with Crippen LogP contribution < -0.4 is 37.3 Å². The van der Waals surface area contributed by atoms with Crippen molar-refractivity contribution >= 4 is 34.5 Å². The van der Waals surface area contributed by atoms with Crippen molar-refractivity contribution in [3.8, 4) is 5.75 Å². The van der Waals surface area contributed by atoms with E-state index in [9.17, 15) is 9.59 Å². The lowest BCUT2D eigenvalue weighted by Gasteiger charge is -2.24. The minimum absolute atomic E-state index is 0.189. The summed E-state index contributed by atoms with van der Waals surface area (Å²) >= 11 is 0. The van der Waals surface area contributed by atoms with Crippen molar-refractivity contribution in [1.82, 2.24) is 9.97 Å². The average Bonchev–Trinajstić information content (AvgIpc) is 2.65. The molecular formula is C19H22N6O3. The number of aromatic nitrogens is 2. The monoisotopic (exact) mass is 382 g/mol. The highest BCUT2D eigenvalue weighted by Crippen LogP contribution is 2.29. The molecule has 28 heavy (non-hydrogen) atoms. The third-order valence-corrected chi connectivity index (χ3v) is 3.79. The molecule has 9 heteroatoms. The molecule has 0 unspecified atom stereocenters. The Bertz CT molecular complexity index is 1080. The van der Waals surface area contributed by atoms with E-state index in [1.54, 1.807) is 24.3 Å². The molecule has 0 amide bonds. The molecule has 3 rings (SSSR count). The number of hydrogen-bond acceptors (Lipinski definition) is 9. The quantitative estimate of drug-likeness (QED) is 0.375. The number of anilines is 6. The average molecular weight is 382 g/mol. The molecular weight excluding hydrogens is 360 g/mol. The maximum atomic E-state index is 12.0. The Balaban J connectivity index is 1.83. The van der Waals surface area contributed by atoms with Gasteiger partial charge in [-0.15, -0.1) is 0 Å². The summed E-state index contributed by atoms with van der Waals surface area (Å²) in [7, 11) is 1.54. The van der Waals surface area contributed by atoms with Gasteiger partial charge in [-0.2, -0.15) is 4.98 Å². The van der Waals surface area contributed by atoms with Crippen molar-refractivity contribution in [2.24, 2.45) is 0 Å². The lowest BCUT2D eigenvalue weighted by atomic mass is 10.1. The van der Waals surface area contributed by atoms with Crippen LogP contribution in [-0.4, -0.2) is 22.6 Å². The van der Waals surface area contributed by atoms with Gasteiger partial charge in [0.2, 0.25) is 5.95 Å². The van der Waals surface area contributed by atoms with Gasteiger partial charge in [-0.05, 0) is 39.0 Å². The molecule has 2 aromatic carbocycles. The number of nitrogen functional groups attached to an aromatic ring is 1. The lowest BCUT2D eigenvalue weighted by Crippen LogP contribution is -2.41. The van der Waals surface area contributed by atoms with Crippen LogP contribution in [0.1, 0.15) is 20.8 Å². The van der Waals surface area contributed by atoms with Crippen molar-refractivity contribution in [1.29, 1.82) is 0 Å². The number of nitrogens with two attached hydrogens (primary N) is 1. The number of hydrogen-bond donors (Lipinski definition) is 4. The molecule has 1 aromatic heterocycles. The standard InChI is InChI=1S/C19H22N6O3/c1-19(2,3)25-15-14(16(26)17(15)27)23-13-7-8-21-18(24-13)22-11-6-5-10(20)9-12(11)28-4/h5-9,25H,20H2,1-4H3,(H2,21,22,23,24). The molecule has 0 radical (unpaired) electrons. The van der Waals surface area contributed by atoms with Crippen LogP contribution in [0.2, 0.25) is 0 Å². The fourth-order valence-corrected chi connectivity index (χ4v) is 2.55. The Morgan fingerprint density at radius 3 is 2.43 bits per heavy atom. The number of benzene rings is 1. The Morgan fingerprint density at radius 2 is 1.75 bits per heavy atom. The van der Waals surface area contributed by atoms with E-state index in [0.717, 1.165) is 0 Å². The van der Waals surface area contributed by atoms with Gasteiger partial charge < -0.3 is 26.4 Å². The Hall–Kier alpha value is -3.62. The molecule has 0 spiro atoms. The van der Waals surface area contributed by atoms with E-state index in [4.69, 9.17) is 10.5 Å². The largest absolute Gasteiger partial charge is 0.494 e. The van der Waals surface area contributed by atoms with E-state index in [2.05, 4.69) is 25.9 Å². The van der Waals surface area contributed by atoms with Gasteiger partial charge in [0.25, 0.3) is 10.9 Å². The Morgan fingerprint density at radius 1 is 1.04 bits per heavy atom. The van der Waals surface area contributed by atoms with Crippen LogP contribution in [0.15, 0.2) is 40.1 Å². The van der Waals surface area contributed by atoms with Crippen molar-refractivity contribution < 1.29 is 4.74 Å². The Kier molecular flexibility index (Phi) is 4.91. The summed E-state index contributed by atoms with van der Waals surface area (Å²) in [6.07, 6.45) is 1.53. The summed E-state index contributed by atoms with van der Waals surface area (Å²) in [4.78, 5) is 32.3. The predicted octanol–water partition coefficient (Wildman–Crippen LogP) is 2.36. The van der Waals surface area contributed by atoms with E-state index in [1.807, 2.05) is 20.8 Å². The van der Waals surface area contributed by atoms with E-state index < -0.39 is 10.9 Å². The molecule has 5 N–H and O–H groups in total. The van der Waals surface area contributed by atoms with Crippen LogP contribution >= 0.6 is 0 Å². The predicted molar refractivity (Wildman–Crippen MR) is 111 cm³/mol. The number of methoxy groups -OCH3 is 1. The van der Waals surface area contributed by atoms with Crippen molar-refractivity contribution in [2.75, 3.05) is 28.8 Å². The number of rotatable bonds is 6. The molecule has 146 valence electrons. The van der Waals surface area contributed by atoms with Crippen LogP contribution in [0, 0.1) is 0 Å². The van der Waals surface area contributed by atoms with E-state index in [1.165, 1.54) is 13.3 Å². The van der Waals surface area contributed by atoms with E-state index >= 15 is 0 Å². The third kappa shape index (κ3) is 4.03. The molecule has 9 nitrogen and oxygen atoms in total. The topological polar surface area (TPSA) is 131 Å². The zero-order valence-electron chi connectivity index (χ0n) is 16.1. The van der Waals surface area contributed by atoms with Crippen LogP contribution in [0.5, 0.6) is 5.75 Å². The van der Waals surface area contributed by atoms with Gasteiger partial charge in [-0.1, -0.05) is 0 Å². The van der Waals surface area contributed by atoms with E-state index in [-0.39, 0.29) is 22.9 Å². The van der Waals surface area contributed by atoms with Crippen molar-refractivity contribution in [3.05, 3.63) is 50.9 Å². The molecule has 0 aliphatic rings. The van der Waals surface area contributed by atoms with Gasteiger partial charge >= 0.3 is 0 Å². The highest BCUT2D eigenvalue weighted by molar-refractivity contribution is 5.78. The summed E-state index contributed by atoms with van der Waals surface area (Å²) in [5, 5.41) is 8.98. The van der Waals surface area contributed by atoms with Crippen molar-refractivity contribution in [2.45, 2.75) is 26.3 Å². The maximum Gasteiger partial charge on any atom is 0.253 e. The summed E-state index contributed by atoms with van der Waals surface area (Å²) in [6.45, 7) is 5.71. The van der Waals surface area contributed by atoms with Gasteiger partial charge in [-0.3, -0.25) is 9.59 Å². The zero-order chi connectivity index (χ0) is 20.5. The van der Waals surface area contributed by atoms with Gasteiger partial charge in [0.05, 0.1) is 12.8 Å². The first-order valence-corrected chi connectivity index (χ1v) is 8.60. The molecule has 0 saturated heterocycles. The minimum Gasteiger partial charge on any atom is -0.494 e. The third-order valence-electron chi connectivity index (χ3n) is 3.79. The van der Waals surface area contributed by atoms with Crippen molar-refractivity contribution in [3.63, 3.8) is 0 Å². The molecule has 0 aliphatic heterocycles. The second-order valence-electron chi connectivity index (χ2n) is 7.26. The first-order chi connectivity index (χ1) is 13.2. The number of ether oxygens (including phenoxy) is 1. The first kappa shape index (κ1) is 19.2. The van der Waals surface area contributed by atoms with Gasteiger partial charge in [-0.25, -0.2) is 4.98 Å². The molecule has 0 fully saturated rings. The van der Waals surface area contributed by atoms with Gasteiger partial charge in [0.15, 0.2) is 0 Å². The number of nitrogens with one attached hydrogen (secondary N) is 3. The van der Waals surface area contributed by atoms with Crippen LogP contribution in [0.25, 0.3) is 0 Å². The molecule has 0 saturated carbocycles. The fraction of sp³-hybridized carbons (Fsp3) is 0.263. The lowest BCUT2D eigenvalue weighted by molar-refractivity contribution is 0.417. The molecule has 0 bridgehead atoms. The molecule has 0 aliphatic carbocycles. The summed E-state index contributed by atoms with van der Waals surface area (Å²) in [5.41, 5.74) is 5.92. The molecule has 0 atom stereocenters. The SMILES string of the molecule is COc1cc(N)ccc1Nc1nccc(Nc2c(NC(C)(C)C)c(=O)c2=O)n1. The second-order valence-corrected chi connectivity index (χ2v) is 7.26. The second kappa shape index (κ2) is 7.18. The normalized spacial score (nSPS) is 11.3. The first-order valence-electron chi connectivity index (χ1n) is 8.60. The molecule has 3 aromatic rings. The van der Waals surface area contributed by atoms with Crippen LogP contribution in [0.3, 0.4) is 0 Å². The summed E-state index contributed by atoms with van der Waals surface area (Å²) in [5.74, 6) is 1.20. The zero-order valence-corrected chi connectivity index (χ0v) is 16.1. The summed E-state index contributed by atoms with van der Waals surface area (Å²) in [6, 6.07) is 6.75. The van der Waals surface area contributed by atoms with Crippen LogP contribution in [0.4, 0.5) is 34.5 Å². The van der Waals surface area contributed by atoms with Gasteiger partial charge in [0, 0.05) is 23.5 Å². The van der Waals surface area contributed by atoms with Gasteiger partial charge in [0.1, 0.15) is 22.9 Å². The smallest absolute Gasteiger partial charge is 0.253 e. The number of nitrogens with zero attached hydrogens (tertiary/aromatic N) is 2. The highest BCUT2D eigenvalue weighted by atomic mass is 16.5. The Labute approximate surface area is 161 Å². The maximum absolute atomic E-state index is 12.0. The van der Waals surface area contributed by atoms with Crippen LogP contribution in [-0.2, 0) is 0 Å². The van der Waals surface area contributed by atoms with E-state index in [0.29, 0.717) is 22.9 Å². The summed E-state index contributed by atoms with van der Waals surface area (Å²) < 4.78 is 5.29. The highest BCUT2D eigenvalue weighted by Gasteiger charge is 2.25. The molecule has 1 heterocycles.